The van der Waals surface area contributed by atoms with E-state index in [4.69, 9.17) is 20.9 Å². The molecule has 2 aliphatic heterocycles. The first-order chi connectivity index (χ1) is 17.2. The van der Waals surface area contributed by atoms with Gasteiger partial charge in [0.2, 0.25) is 17.7 Å². The number of hydrogen-bond acceptors (Lipinski definition) is 6. The van der Waals surface area contributed by atoms with Crippen molar-refractivity contribution in [3.8, 4) is 5.75 Å². The van der Waals surface area contributed by atoms with Crippen LogP contribution in [-0.4, -0.2) is 68.0 Å². The Morgan fingerprint density at radius 1 is 1.14 bits per heavy atom. The molecule has 0 unspecified atom stereocenters. The summed E-state index contributed by atoms with van der Waals surface area (Å²) >= 11 is 0. The van der Waals surface area contributed by atoms with Gasteiger partial charge >= 0.3 is 11.9 Å². The normalized spacial score (nSPS) is 21.7. The van der Waals surface area contributed by atoms with Gasteiger partial charge < -0.3 is 25.4 Å². The molecular weight excluding hydrogens is 468 g/mol. The van der Waals surface area contributed by atoms with Crippen LogP contribution in [0.1, 0.15) is 31.7 Å². The standard InChI is InChI=1S/C24H34N6O6/c1-15(31)28-20-14-16-8-10-17(11-9-16)36-13-4-3-6-19(23(34)35-2)30-21(32)18(29-22(20)33)7-5-12-27-24(25)26/h3-4,8-11,18-20H,5-7,12-14H2,1-2H3,(H,28,31)(H,29,33)(H,30,32)(H4,25,26,27)/p+1/b4-3-/t18-,19-,20-/m0/s1. The number of nitrogens with one attached hydrogen (secondary N) is 4. The maximum absolute atomic E-state index is 13.2. The Bertz CT molecular complexity index is 974. The number of carbonyl (C=O) groups is 4. The minimum Gasteiger partial charge on any atom is -0.490 e. The molecular formula is C24H35N6O6+. The summed E-state index contributed by atoms with van der Waals surface area (Å²) in [6.45, 7) is 1.93. The van der Waals surface area contributed by atoms with Crippen LogP contribution >= 0.6 is 0 Å². The fourth-order valence-electron chi connectivity index (χ4n) is 3.57. The molecule has 3 amide bonds. The van der Waals surface area contributed by atoms with Crippen molar-refractivity contribution in [1.82, 2.24) is 16.0 Å². The lowest BCUT2D eigenvalue weighted by molar-refractivity contribution is -0.459. The van der Waals surface area contributed by atoms with Gasteiger partial charge in [0.15, 0.2) is 0 Å². The predicted octanol–water partition coefficient (Wildman–Crippen LogP) is -2.65. The van der Waals surface area contributed by atoms with Crippen molar-refractivity contribution in [3.05, 3.63) is 42.0 Å². The molecule has 36 heavy (non-hydrogen) atoms. The van der Waals surface area contributed by atoms with E-state index >= 15 is 0 Å². The van der Waals surface area contributed by atoms with Gasteiger partial charge in [-0.25, -0.2) is 4.79 Å². The third kappa shape index (κ3) is 9.65. The average molecular weight is 504 g/mol. The van der Waals surface area contributed by atoms with Crippen LogP contribution in [0.2, 0.25) is 0 Å². The fourth-order valence-corrected chi connectivity index (χ4v) is 3.57. The van der Waals surface area contributed by atoms with Crippen molar-refractivity contribution in [3.63, 3.8) is 0 Å². The van der Waals surface area contributed by atoms with Crippen molar-refractivity contribution in [2.24, 2.45) is 11.5 Å². The van der Waals surface area contributed by atoms with Crippen molar-refractivity contribution >= 4 is 29.7 Å². The van der Waals surface area contributed by atoms with Gasteiger partial charge in [-0.2, -0.15) is 0 Å². The Kier molecular flexibility index (Phi) is 11.2. The maximum atomic E-state index is 13.2. The molecule has 0 radical (unpaired) electrons. The summed E-state index contributed by atoms with van der Waals surface area (Å²) in [4.78, 5) is 53.2. The summed E-state index contributed by atoms with van der Waals surface area (Å²) in [5.74, 6) is -1.47. The van der Waals surface area contributed by atoms with E-state index in [-0.39, 0.29) is 31.8 Å². The summed E-state index contributed by atoms with van der Waals surface area (Å²) in [6, 6.07) is 4.25. The molecule has 0 aliphatic carbocycles. The Hall–Kier alpha value is -4.09. The molecule has 0 aromatic heterocycles. The van der Waals surface area contributed by atoms with Crippen LogP contribution in [0.3, 0.4) is 0 Å². The second-order valence-electron chi connectivity index (χ2n) is 8.29. The Labute approximate surface area is 209 Å². The minimum atomic E-state index is -0.993. The number of fused-ring (bicyclic) bond motifs is 13. The minimum absolute atomic E-state index is 0.0376. The second-order valence-corrected chi connectivity index (χ2v) is 8.29. The first-order valence-corrected chi connectivity index (χ1v) is 11.6. The summed E-state index contributed by atoms with van der Waals surface area (Å²) < 4.78 is 10.5. The first-order valence-electron chi connectivity index (χ1n) is 11.6. The van der Waals surface area contributed by atoms with Gasteiger partial charge in [-0.15, -0.1) is 0 Å². The van der Waals surface area contributed by atoms with Crippen LogP contribution in [-0.2, 0) is 30.3 Å². The van der Waals surface area contributed by atoms with Crippen LogP contribution < -0.4 is 37.1 Å². The number of rotatable bonds is 6. The third-order valence-corrected chi connectivity index (χ3v) is 5.38. The van der Waals surface area contributed by atoms with E-state index in [2.05, 4.69) is 20.9 Å². The molecule has 2 heterocycles. The highest BCUT2D eigenvalue weighted by atomic mass is 16.5. The van der Waals surface area contributed by atoms with Crippen LogP contribution in [0.25, 0.3) is 0 Å². The number of amides is 3. The topological polar surface area (TPSA) is 189 Å². The van der Waals surface area contributed by atoms with E-state index in [0.717, 1.165) is 5.56 Å². The largest absolute Gasteiger partial charge is 0.490 e. The van der Waals surface area contributed by atoms with Crippen molar-refractivity contribution in [2.45, 2.75) is 50.7 Å². The average Bonchev–Trinajstić information content (AvgIpc) is 2.84. The maximum Gasteiger partial charge on any atom is 0.338 e. The number of carbonyl (C=O) groups excluding carboxylic acids is 4. The summed E-state index contributed by atoms with van der Waals surface area (Å²) in [5, 5.41) is 8.00. The number of methoxy groups -OCH3 is 1. The lowest BCUT2D eigenvalue weighted by Gasteiger charge is -2.24. The quantitative estimate of drug-likeness (QED) is 0.0798. The van der Waals surface area contributed by atoms with Crippen molar-refractivity contribution < 1.29 is 33.6 Å². The zero-order valence-electron chi connectivity index (χ0n) is 20.5. The summed E-state index contributed by atoms with van der Waals surface area (Å²) in [6.07, 6.45) is 4.46. The number of nitrogens with two attached hydrogens (primary N) is 2. The van der Waals surface area contributed by atoms with E-state index in [1.807, 2.05) is 0 Å². The van der Waals surface area contributed by atoms with Gasteiger partial charge in [0, 0.05) is 13.3 Å². The molecule has 0 saturated carbocycles. The van der Waals surface area contributed by atoms with Gasteiger partial charge in [0.25, 0.3) is 0 Å². The molecule has 1 aromatic carbocycles. The highest BCUT2D eigenvalue weighted by Crippen LogP contribution is 2.14. The molecule has 196 valence electrons. The first kappa shape index (κ1) is 28.1. The molecule has 3 atom stereocenters. The molecule has 2 aliphatic rings. The SMILES string of the molecule is COC(=O)[C@@H]1C/C=C\COc2ccc(cc2)C[C@H](NC(C)=O)C(=O)N[C@@H](CCC[NH+]=C(N)N)C(=O)N1. The summed E-state index contributed by atoms with van der Waals surface area (Å²) in [7, 11) is 1.23. The van der Waals surface area contributed by atoms with Gasteiger partial charge in [0.1, 0.15) is 30.5 Å². The highest BCUT2D eigenvalue weighted by Gasteiger charge is 2.29. The molecule has 12 nitrogen and oxygen atoms in total. The predicted molar refractivity (Wildman–Crippen MR) is 131 cm³/mol. The highest BCUT2D eigenvalue weighted by molar-refractivity contribution is 5.93. The van der Waals surface area contributed by atoms with E-state index < -0.39 is 41.8 Å². The van der Waals surface area contributed by atoms with Gasteiger partial charge in [0.05, 0.1) is 13.7 Å². The number of benzene rings is 1. The lowest BCUT2D eigenvalue weighted by Crippen LogP contribution is -2.78. The third-order valence-electron chi connectivity index (χ3n) is 5.38. The Morgan fingerprint density at radius 2 is 1.86 bits per heavy atom. The molecule has 3 rings (SSSR count). The fraction of sp³-hybridized carbons (Fsp3) is 0.458. The van der Waals surface area contributed by atoms with Gasteiger partial charge in [-0.1, -0.05) is 24.3 Å². The number of ether oxygens (including phenoxy) is 2. The zero-order chi connectivity index (χ0) is 26.5. The number of hydrogen-bond donors (Lipinski definition) is 6. The number of guanidine groups is 1. The molecule has 12 heteroatoms. The lowest BCUT2D eigenvalue weighted by atomic mass is 10.0. The van der Waals surface area contributed by atoms with Gasteiger partial charge in [-0.3, -0.25) is 30.8 Å². The second kappa shape index (κ2) is 14.3. The van der Waals surface area contributed by atoms with Crippen LogP contribution in [0.5, 0.6) is 5.75 Å². The number of esters is 1. The molecule has 2 bridgehead atoms. The summed E-state index contributed by atoms with van der Waals surface area (Å²) in [5.41, 5.74) is 11.6. The smallest absolute Gasteiger partial charge is 0.338 e. The van der Waals surface area contributed by atoms with Crippen LogP contribution in [0.4, 0.5) is 0 Å². The molecule has 0 saturated heterocycles. The van der Waals surface area contributed by atoms with E-state index in [9.17, 15) is 19.2 Å². The molecule has 0 spiro atoms. The Balaban J connectivity index is 2.34. The van der Waals surface area contributed by atoms with E-state index in [0.29, 0.717) is 18.7 Å². The van der Waals surface area contributed by atoms with Crippen LogP contribution in [0, 0.1) is 0 Å². The Morgan fingerprint density at radius 3 is 2.50 bits per heavy atom. The van der Waals surface area contributed by atoms with Crippen molar-refractivity contribution in [1.29, 1.82) is 0 Å². The van der Waals surface area contributed by atoms with E-state index in [1.165, 1.54) is 14.0 Å². The molecule has 8 N–H and O–H groups in total. The van der Waals surface area contributed by atoms with Crippen molar-refractivity contribution in [2.75, 3.05) is 20.3 Å². The monoisotopic (exact) mass is 503 g/mol. The molecule has 1 aromatic rings. The zero-order valence-corrected chi connectivity index (χ0v) is 20.5. The molecule has 0 fully saturated rings. The van der Waals surface area contributed by atoms with Gasteiger partial charge in [-0.05, 0) is 37.0 Å². The van der Waals surface area contributed by atoms with Crippen LogP contribution in [0.15, 0.2) is 36.4 Å². The van der Waals surface area contributed by atoms with E-state index in [1.54, 1.807) is 36.4 Å².